The van der Waals surface area contributed by atoms with Gasteiger partial charge < -0.3 is 5.11 Å². The molecule has 7 heteroatoms. The van der Waals surface area contributed by atoms with Crippen LogP contribution in [0.5, 0.6) is 0 Å². The Labute approximate surface area is 120 Å². The minimum absolute atomic E-state index is 0.0740. The van der Waals surface area contributed by atoms with Gasteiger partial charge in [0.2, 0.25) is 10.0 Å². The lowest BCUT2D eigenvalue weighted by molar-refractivity contribution is 0.186. The molecule has 0 radical (unpaired) electrons. The van der Waals surface area contributed by atoms with Crippen molar-refractivity contribution < 1.29 is 13.5 Å². The van der Waals surface area contributed by atoms with Crippen molar-refractivity contribution in [2.45, 2.75) is 11.0 Å². The van der Waals surface area contributed by atoms with Gasteiger partial charge in [-0.3, -0.25) is 0 Å². The second-order valence-electron chi connectivity index (χ2n) is 3.84. The normalized spacial score (nSPS) is 13.4. The third-order valence-electron chi connectivity index (χ3n) is 2.44. The number of sulfonamides is 1. The highest BCUT2D eigenvalue weighted by Gasteiger charge is 2.17. The maximum Gasteiger partial charge on any atom is 0.240 e. The third-order valence-corrected chi connectivity index (χ3v) is 5.07. The van der Waals surface area contributed by atoms with E-state index in [1.165, 1.54) is 23.5 Å². The highest BCUT2D eigenvalue weighted by molar-refractivity contribution is 7.89. The van der Waals surface area contributed by atoms with Gasteiger partial charge in [0, 0.05) is 16.4 Å². The Hall–Kier alpha value is -0.920. The molecule has 0 amide bonds. The number of thiophene rings is 1. The smallest absolute Gasteiger partial charge is 0.240 e. The summed E-state index contributed by atoms with van der Waals surface area (Å²) >= 11 is 7.13. The number of hydrogen-bond acceptors (Lipinski definition) is 4. The highest BCUT2D eigenvalue weighted by atomic mass is 35.5. The van der Waals surface area contributed by atoms with E-state index < -0.39 is 16.1 Å². The van der Waals surface area contributed by atoms with Crippen LogP contribution in [0.3, 0.4) is 0 Å². The fourth-order valence-electron chi connectivity index (χ4n) is 1.49. The number of aliphatic hydroxyl groups is 1. The van der Waals surface area contributed by atoms with E-state index in [4.69, 9.17) is 11.6 Å². The summed E-state index contributed by atoms with van der Waals surface area (Å²) < 4.78 is 26.3. The molecule has 2 rings (SSSR count). The second kappa shape index (κ2) is 6.02. The SMILES string of the molecule is O=S(=O)(NCC(O)c1cccs1)c1cccc(Cl)c1. The molecule has 102 valence electrons. The number of halogens is 1. The van der Waals surface area contributed by atoms with Crippen molar-refractivity contribution in [1.82, 2.24) is 4.72 Å². The summed E-state index contributed by atoms with van der Waals surface area (Å²) in [4.78, 5) is 0.798. The van der Waals surface area contributed by atoms with E-state index in [1.54, 1.807) is 24.3 Å². The van der Waals surface area contributed by atoms with Crippen LogP contribution in [0.2, 0.25) is 5.02 Å². The van der Waals surface area contributed by atoms with Crippen LogP contribution < -0.4 is 4.72 Å². The van der Waals surface area contributed by atoms with Gasteiger partial charge in [0.1, 0.15) is 6.10 Å². The molecule has 1 unspecified atom stereocenters. The lowest BCUT2D eigenvalue weighted by atomic mass is 10.3. The van der Waals surface area contributed by atoms with Crippen LogP contribution in [-0.4, -0.2) is 20.1 Å². The van der Waals surface area contributed by atoms with Gasteiger partial charge >= 0.3 is 0 Å². The molecule has 2 N–H and O–H groups in total. The van der Waals surface area contributed by atoms with E-state index in [2.05, 4.69) is 4.72 Å². The Morgan fingerprint density at radius 2 is 2.11 bits per heavy atom. The van der Waals surface area contributed by atoms with Crippen molar-refractivity contribution in [3.8, 4) is 0 Å². The molecule has 0 bridgehead atoms. The maximum atomic E-state index is 12.0. The number of benzene rings is 1. The van der Waals surface area contributed by atoms with Gasteiger partial charge in [-0.15, -0.1) is 11.3 Å². The van der Waals surface area contributed by atoms with Crippen molar-refractivity contribution >= 4 is 33.0 Å². The first kappa shape index (κ1) is 14.5. The quantitative estimate of drug-likeness (QED) is 0.890. The summed E-state index contributed by atoms with van der Waals surface area (Å²) in [6.07, 6.45) is -0.853. The van der Waals surface area contributed by atoms with E-state index in [1.807, 2.05) is 5.38 Å². The van der Waals surface area contributed by atoms with Crippen LogP contribution in [0.15, 0.2) is 46.7 Å². The zero-order chi connectivity index (χ0) is 13.9. The highest BCUT2D eigenvalue weighted by Crippen LogP contribution is 2.19. The molecule has 2 aromatic rings. The summed E-state index contributed by atoms with van der Waals surface area (Å²) in [6.45, 7) is -0.0740. The molecule has 1 heterocycles. The van der Waals surface area contributed by atoms with Gasteiger partial charge in [0.05, 0.1) is 4.90 Å². The molecule has 4 nitrogen and oxygen atoms in total. The van der Waals surface area contributed by atoms with Crippen molar-refractivity contribution in [3.05, 3.63) is 51.7 Å². The second-order valence-corrected chi connectivity index (χ2v) is 7.02. The Balaban J connectivity index is 2.06. The molecule has 1 aromatic carbocycles. The van der Waals surface area contributed by atoms with E-state index in [-0.39, 0.29) is 11.4 Å². The van der Waals surface area contributed by atoms with Crippen LogP contribution in [0.25, 0.3) is 0 Å². The van der Waals surface area contributed by atoms with Gasteiger partial charge in [0.15, 0.2) is 0 Å². The average molecular weight is 318 g/mol. The number of aliphatic hydroxyl groups excluding tert-OH is 1. The van der Waals surface area contributed by atoms with Crippen LogP contribution in [-0.2, 0) is 10.0 Å². The largest absolute Gasteiger partial charge is 0.386 e. The molecule has 1 aromatic heterocycles. The third kappa shape index (κ3) is 3.77. The molecular weight excluding hydrogens is 306 g/mol. The van der Waals surface area contributed by atoms with Crippen LogP contribution in [0.1, 0.15) is 11.0 Å². The lowest BCUT2D eigenvalue weighted by Gasteiger charge is -2.11. The summed E-state index contributed by atoms with van der Waals surface area (Å²) in [7, 11) is -3.66. The fraction of sp³-hybridized carbons (Fsp3) is 0.167. The van der Waals surface area contributed by atoms with Crippen molar-refractivity contribution in [3.63, 3.8) is 0 Å². The zero-order valence-electron chi connectivity index (χ0n) is 9.78. The van der Waals surface area contributed by atoms with Crippen LogP contribution in [0.4, 0.5) is 0 Å². The molecule has 0 aliphatic rings. The molecule has 19 heavy (non-hydrogen) atoms. The van der Waals surface area contributed by atoms with Gasteiger partial charge in [-0.2, -0.15) is 0 Å². The van der Waals surface area contributed by atoms with Crippen LogP contribution >= 0.6 is 22.9 Å². The topological polar surface area (TPSA) is 66.4 Å². The van der Waals surface area contributed by atoms with Gasteiger partial charge in [-0.05, 0) is 29.6 Å². The summed E-state index contributed by atoms with van der Waals surface area (Å²) in [5, 5.41) is 12.0. The monoisotopic (exact) mass is 317 g/mol. The standard InChI is InChI=1S/C12H12ClNO3S2/c13-9-3-1-4-10(7-9)19(16,17)14-8-11(15)12-5-2-6-18-12/h1-7,11,14-15H,8H2. The Kier molecular flexibility index (Phi) is 4.59. The molecular formula is C12H12ClNO3S2. The Morgan fingerprint density at radius 3 is 2.74 bits per heavy atom. The Bertz CT molecular complexity index is 641. The molecule has 0 saturated carbocycles. The van der Waals surface area contributed by atoms with E-state index in [0.717, 1.165) is 0 Å². The number of hydrogen-bond donors (Lipinski definition) is 2. The first-order chi connectivity index (χ1) is 8.99. The summed E-state index contributed by atoms with van der Waals surface area (Å²) in [6, 6.07) is 9.53. The van der Waals surface area contributed by atoms with E-state index in [9.17, 15) is 13.5 Å². The molecule has 0 aliphatic heterocycles. The summed E-state index contributed by atoms with van der Waals surface area (Å²) in [5.74, 6) is 0. The van der Waals surface area contributed by atoms with E-state index >= 15 is 0 Å². The van der Waals surface area contributed by atoms with Gasteiger partial charge in [-0.25, -0.2) is 13.1 Å². The average Bonchev–Trinajstić information content (AvgIpc) is 2.90. The van der Waals surface area contributed by atoms with Crippen molar-refractivity contribution in [1.29, 1.82) is 0 Å². The van der Waals surface area contributed by atoms with Gasteiger partial charge in [-0.1, -0.05) is 23.7 Å². The molecule has 0 saturated heterocycles. The minimum Gasteiger partial charge on any atom is -0.386 e. The van der Waals surface area contributed by atoms with Gasteiger partial charge in [0.25, 0.3) is 0 Å². The maximum absolute atomic E-state index is 12.0. The van der Waals surface area contributed by atoms with Crippen molar-refractivity contribution in [2.75, 3.05) is 6.54 Å². The molecule has 1 atom stereocenters. The first-order valence-corrected chi connectivity index (χ1v) is 8.20. The van der Waals surface area contributed by atoms with E-state index in [0.29, 0.717) is 9.90 Å². The van der Waals surface area contributed by atoms with Crippen molar-refractivity contribution in [2.24, 2.45) is 0 Å². The van der Waals surface area contributed by atoms with Crippen LogP contribution in [0, 0.1) is 0 Å². The Morgan fingerprint density at radius 1 is 1.32 bits per heavy atom. The lowest BCUT2D eigenvalue weighted by Crippen LogP contribution is -2.28. The minimum atomic E-state index is -3.66. The molecule has 0 aliphatic carbocycles. The zero-order valence-corrected chi connectivity index (χ0v) is 12.2. The predicted octanol–water partition coefficient (Wildman–Crippen LogP) is 2.41. The number of nitrogens with one attached hydrogen (secondary N) is 1. The molecule has 0 spiro atoms. The fourth-order valence-corrected chi connectivity index (χ4v) is 3.54. The molecule has 0 fully saturated rings. The first-order valence-electron chi connectivity index (χ1n) is 5.46. The predicted molar refractivity (Wildman–Crippen MR) is 75.9 cm³/mol. The summed E-state index contributed by atoms with van der Waals surface area (Å²) in [5.41, 5.74) is 0. The number of rotatable bonds is 5.